The second kappa shape index (κ2) is 7.34. The first-order valence-electron chi connectivity index (χ1n) is 7.69. The molecule has 1 aromatic heterocycles. The normalized spacial score (nSPS) is 20.9. The van der Waals surface area contributed by atoms with E-state index >= 15 is 0 Å². The van der Waals surface area contributed by atoms with Crippen LogP contribution in [0.5, 0.6) is 0 Å². The first-order valence-corrected chi connectivity index (χ1v) is 8.73. The number of rotatable bonds is 7. The summed E-state index contributed by atoms with van der Waals surface area (Å²) < 4.78 is 2.18. The molecule has 2 heterocycles. The highest BCUT2D eigenvalue weighted by atomic mass is 32.2. The highest BCUT2D eigenvalue weighted by Crippen LogP contribution is 2.30. The van der Waals surface area contributed by atoms with Crippen molar-refractivity contribution in [1.82, 2.24) is 15.1 Å². The number of likely N-dealkylation sites (N-methyl/N-ethyl adjacent to an activating group) is 1. The Morgan fingerprint density at radius 2 is 2.32 bits per heavy atom. The van der Waals surface area contributed by atoms with Gasteiger partial charge in [-0.05, 0) is 44.6 Å². The van der Waals surface area contributed by atoms with Crippen LogP contribution in [0.25, 0.3) is 0 Å². The summed E-state index contributed by atoms with van der Waals surface area (Å²) in [5.74, 6) is 1.33. The van der Waals surface area contributed by atoms with E-state index in [9.17, 15) is 0 Å². The van der Waals surface area contributed by atoms with Gasteiger partial charge in [-0.3, -0.25) is 4.68 Å². The fourth-order valence-electron chi connectivity index (χ4n) is 2.87. The molecule has 108 valence electrons. The predicted molar refractivity (Wildman–Crippen MR) is 83.9 cm³/mol. The third kappa shape index (κ3) is 3.76. The van der Waals surface area contributed by atoms with Crippen molar-refractivity contribution in [3.63, 3.8) is 0 Å². The second-order valence-electron chi connectivity index (χ2n) is 5.22. The SMILES string of the molecule is CCNC(Cc1cc(CC)nn1CC)C1CCCS1. The Hall–Kier alpha value is -0.480. The minimum Gasteiger partial charge on any atom is -0.313 e. The van der Waals surface area contributed by atoms with Gasteiger partial charge in [-0.1, -0.05) is 13.8 Å². The van der Waals surface area contributed by atoms with Crippen molar-refractivity contribution in [2.24, 2.45) is 0 Å². The van der Waals surface area contributed by atoms with E-state index < -0.39 is 0 Å². The molecule has 3 nitrogen and oxygen atoms in total. The average molecular weight is 281 g/mol. The maximum atomic E-state index is 4.67. The molecule has 1 aliphatic heterocycles. The molecule has 1 fully saturated rings. The first-order chi connectivity index (χ1) is 9.28. The van der Waals surface area contributed by atoms with Gasteiger partial charge in [0, 0.05) is 30.0 Å². The standard InChI is InChI=1S/C15H27N3S/c1-4-12-10-13(18(6-3)17-12)11-14(16-5-2)15-8-7-9-19-15/h10,14-16H,4-9,11H2,1-3H3. The lowest BCUT2D eigenvalue weighted by molar-refractivity contribution is 0.475. The van der Waals surface area contributed by atoms with Crippen molar-refractivity contribution in [3.05, 3.63) is 17.5 Å². The van der Waals surface area contributed by atoms with E-state index in [-0.39, 0.29) is 0 Å². The molecule has 0 spiro atoms. The fourth-order valence-corrected chi connectivity index (χ4v) is 4.26. The van der Waals surface area contributed by atoms with Gasteiger partial charge in [-0.25, -0.2) is 0 Å². The van der Waals surface area contributed by atoms with E-state index in [1.165, 1.54) is 30.0 Å². The molecule has 1 aliphatic rings. The Balaban J connectivity index is 2.08. The zero-order valence-corrected chi connectivity index (χ0v) is 13.3. The molecule has 0 amide bonds. The quantitative estimate of drug-likeness (QED) is 0.833. The summed E-state index contributed by atoms with van der Waals surface area (Å²) in [6, 6.07) is 2.90. The number of aryl methyl sites for hydroxylation is 2. The monoisotopic (exact) mass is 281 g/mol. The van der Waals surface area contributed by atoms with Crippen LogP contribution >= 0.6 is 11.8 Å². The van der Waals surface area contributed by atoms with Crippen LogP contribution in [-0.4, -0.2) is 33.4 Å². The van der Waals surface area contributed by atoms with Crippen LogP contribution in [0.2, 0.25) is 0 Å². The van der Waals surface area contributed by atoms with Crippen molar-refractivity contribution in [2.45, 2.75) is 64.3 Å². The lowest BCUT2D eigenvalue weighted by Gasteiger charge is -2.24. The molecular formula is C15H27N3S. The Labute approximate surface area is 121 Å². The Morgan fingerprint density at radius 1 is 1.47 bits per heavy atom. The molecule has 0 aliphatic carbocycles. The van der Waals surface area contributed by atoms with E-state index in [0.29, 0.717) is 6.04 Å². The highest BCUT2D eigenvalue weighted by Gasteiger charge is 2.26. The van der Waals surface area contributed by atoms with Crippen molar-refractivity contribution < 1.29 is 0 Å². The van der Waals surface area contributed by atoms with Crippen LogP contribution < -0.4 is 5.32 Å². The number of thioether (sulfide) groups is 1. The lowest BCUT2D eigenvalue weighted by atomic mass is 10.0. The minimum absolute atomic E-state index is 0.601. The van der Waals surface area contributed by atoms with Crippen molar-refractivity contribution in [1.29, 1.82) is 0 Å². The smallest absolute Gasteiger partial charge is 0.0624 e. The summed E-state index contributed by atoms with van der Waals surface area (Å²) in [5, 5.41) is 9.14. The van der Waals surface area contributed by atoms with Gasteiger partial charge in [-0.15, -0.1) is 0 Å². The Morgan fingerprint density at radius 3 is 2.89 bits per heavy atom. The summed E-state index contributed by atoms with van der Waals surface area (Å²) >= 11 is 2.14. The minimum atomic E-state index is 0.601. The number of hydrogen-bond acceptors (Lipinski definition) is 3. The topological polar surface area (TPSA) is 29.9 Å². The lowest BCUT2D eigenvalue weighted by Crippen LogP contribution is -2.39. The van der Waals surface area contributed by atoms with Gasteiger partial charge in [0.25, 0.3) is 0 Å². The summed E-state index contributed by atoms with van der Waals surface area (Å²) in [4.78, 5) is 0. The summed E-state index contributed by atoms with van der Waals surface area (Å²) in [6.07, 6.45) is 4.89. The maximum absolute atomic E-state index is 4.67. The third-order valence-electron chi connectivity index (χ3n) is 3.88. The largest absolute Gasteiger partial charge is 0.313 e. The zero-order valence-electron chi connectivity index (χ0n) is 12.5. The number of nitrogens with one attached hydrogen (secondary N) is 1. The van der Waals surface area contributed by atoms with Gasteiger partial charge < -0.3 is 5.32 Å². The Bertz CT molecular complexity index is 383. The van der Waals surface area contributed by atoms with Crippen LogP contribution in [0.4, 0.5) is 0 Å². The fraction of sp³-hybridized carbons (Fsp3) is 0.800. The second-order valence-corrected chi connectivity index (χ2v) is 6.56. The van der Waals surface area contributed by atoms with Crippen LogP contribution in [0.15, 0.2) is 6.07 Å². The number of aromatic nitrogens is 2. The third-order valence-corrected chi connectivity index (χ3v) is 5.40. The molecule has 4 heteroatoms. The molecule has 2 rings (SSSR count). The summed E-state index contributed by atoms with van der Waals surface area (Å²) in [6.45, 7) is 8.61. The van der Waals surface area contributed by atoms with Crippen LogP contribution in [0.1, 0.15) is 45.0 Å². The molecule has 2 atom stereocenters. The predicted octanol–water partition coefficient (Wildman–Crippen LogP) is 2.88. The van der Waals surface area contributed by atoms with Gasteiger partial charge in [0.1, 0.15) is 0 Å². The van der Waals surface area contributed by atoms with E-state index in [2.05, 4.69) is 53.7 Å². The first kappa shape index (κ1) is 14.9. The highest BCUT2D eigenvalue weighted by molar-refractivity contribution is 8.00. The number of nitrogens with zero attached hydrogens (tertiary/aromatic N) is 2. The van der Waals surface area contributed by atoms with Gasteiger partial charge >= 0.3 is 0 Å². The molecule has 19 heavy (non-hydrogen) atoms. The molecule has 1 N–H and O–H groups in total. The Kier molecular flexibility index (Phi) is 5.76. The molecule has 2 unspecified atom stereocenters. The summed E-state index contributed by atoms with van der Waals surface area (Å²) in [5.41, 5.74) is 2.63. The summed E-state index contributed by atoms with van der Waals surface area (Å²) in [7, 11) is 0. The van der Waals surface area contributed by atoms with E-state index in [1.807, 2.05) is 0 Å². The van der Waals surface area contributed by atoms with E-state index in [1.54, 1.807) is 0 Å². The van der Waals surface area contributed by atoms with Gasteiger partial charge in [0.15, 0.2) is 0 Å². The van der Waals surface area contributed by atoms with Crippen LogP contribution in [0.3, 0.4) is 0 Å². The van der Waals surface area contributed by atoms with Crippen molar-refractivity contribution in [2.75, 3.05) is 12.3 Å². The van der Waals surface area contributed by atoms with E-state index in [4.69, 9.17) is 0 Å². The van der Waals surface area contributed by atoms with Gasteiger partial charge in [0.2, 0.25) is 0 Å². The average Bonchev–Trinajstić information content (AvgIpc) is 3.07. The molecule has 0 radical (unpaired) electrons. The number of hydrogen-bond donors (Lipinski definition) is 1. The van der Waals surface area contributed by atoms with Crippen molar-refractivity contribution >= 4 is 11.8 Å². The molecule has 1 saturated heterocycles. The van der Waals surface area contributed by atoms with Crippen LogP contribution in [0, 0.1) is 0 Å². The molecular weight excluding hydrogens is 254 g/mol. The molecule has 0 saturated carbocycles. The van der Waals surface area contributed by atoms with E-state index in [0.717, 1.165) is 31.2 Å². The van der Waals surface area contributed by atoms with Crippen LogP contribution in [-0.2, 0) is 19.4 Å². The van der Waals surface area contributed by atoms with Gasteiger partial charge in [-0.2, -0.15) is 16.9 Å². The molecule has 1 aromatic rings. The van der Waals surface area contributed by atoms with Gasteiger partial charge in [0.05, 0.1) is 5.69 Å². The molecule has 0 bridgehead atoms. The maximum Gasteiger partial charge on any atom is 0.0624 e. The molecule has 0 aromatic carbocycles. The zero-order chi connectivity index (χ0) is 13.7. The van der Waals surface area contributed by atoms with Crippen molar-refractivity contribution in [3.8, 4) is 0 Å².